The molecule has 0 heterocycles. The molecule has 4 nitrogen and oxygen atoms in total. The first-order valence-electron chi connectivity index (χ1n) is 7.25. The lowest BCUT2D eigenvalue weighted by molar-refractivity contribution is 0.202. The molecule has 2 rings (SSSR count). The summed E-state index contributed by atoms with van der Waals surface area (Å²) >= 11 is 0. The fraction of sp³-hybridized carbons (Fsp3) is 0.929. The van der Waals surface area contributed by atoms with E-state index < -0.39 is 0 Å². The summed E-state index contributed by atoms with van der Waals surface area (Å²) in [5, 5.41) is 7.00. The van der Waals surface area contributed by atoms with E-state index in [9.17, 15) is 0 Å². The van der Waals surface area contributed by atoms with E-state index in [0.29, 0.717) is 11.5 Å². The van der Waals surface area contributed by atoms with Crippen LogP contribution in [-0.4, -0.2) is 51.1 Å². The van der Waals surface area contributed by atoms with Crippen LogP contribution < -0.4 is 10.6 Å². The molecule has 2 fully saturated rings. The number of aliphatic imine (C=N–C) groups is 1. The highest BCUT2D eigenvalue weighted by Crippen LogP contribution is 2.37. The maximum atomic E-state index is 4.32. The van der Waals surface area contributed by atoms with Gasteiger partial charge in [-0.1, -0.05) is 12.8 Å². The summed E-state index contributed by atoms with van der Waals surface area (Å²) in [7, 11) is 6.22. The summed E-state index contributed by atoms with van der Waals surface area (Å²) in [5.41, 5.74) is 0.449. The van der Waals surface area contributed by atoms with Crippen molar-refractivity contribution in [2.45, 2.75) is 44.6 Å². The molecule has 0 saturated heterocycles. The monoisotopic (exact) mass is 252 g/mol. The molecule has 0 aromatic rings. The van der Waals surface area contributed by atoms with Crippen LogP contribution in [-0.2, 0) is 0 Å². The van der Waals surface area contributed by atoms with Crippen LogP contribution in [0.3, 0.4) is 0 Å². The molecule has 4 heteroatoms. The van der Waals surface area contributed by atoms with Gasteiger partial charge in [-0.15, -0.1) is 0 Å². The first-order chi connectivity index (χ1) is 8.63. The zero-order valence-corrected chi connectivity index (χ0v) is 12.1. The van der Waals surface area contributed by atoms with Crippen LogP contribution in [0.4, 0.5) is 0 Å². The third-order valence-electron chi connectivity index (χ3n) is 4.09. The molecule has 0 aromatic carbocycles. The standard InChI is InChI=1S/C14H28N4/c1-15-13(17-12-6-7-12)16-10-14(11-18(2)3)8-4-5-9-14/h12H,4-11H2,1-3H3,(H2,15,16,17). The van der Waals surface area contributed by atoms with Crippen molar-refractivity contribution in [3.8, 4) is 0 Å². The third-order valence-corrected chi connectivity index (χ3v) is 4.09. The second-order valence-electron chi connectivity index (χ2n) is 6.29. The van der Waals surface area contributed by atoms with Crippen LogP contribution in [0.2, 0.25) is 0 Å². The van der Waals surface area contributed by atoms with E-state index in [1.807, 2.05) is 7.05 Å². The largest absolute Gasteiger partial charge is 0.356 e. The number of nitrogens with zero attached hydrogens (tertiary/aromatic N) is 2. The number of nitrogens with one attached hydrogen (secondary N) is 2. The van der Waals surface area contributed by atoms with E-state index in [2.05, 4.69) is 34.6 Å². The Morgan fingerprint density at radius 3 is 2.44 bits per heavy atom. The fourth-order valence-corrected chi connectivity index (χ4v) is 3.07. The van der Waals surface area contributed by atoms with Crippen LogP contribution >= 0.6 is 0 Å². The Kier molecular flexibility index (Phi) is 4.49. The highest BCUT2D eigenvalue weighted by Gasteiger charge is 2.34. The molecule has 0 aliphatic heterocycles. The first kappa shape index (κ1) is 13.7. The minimum Gasteiger partial charge on any atom is -0.356 e. The molecule has 0 radical (unpaired) electrons. The number of hydrogen-bond donors (Lipinski definition) is 2. The summed E-state index contributed by atoms with van der Waals surface area (Å²) in [5.74, 6) is 0.988. The van der Waals surface area contributed by atoms with Gasteiger partial charge in [0.1, 0.15) is 0 Å². The lowest BCUT2D eigenvalue weighted by Crippen LogP contribution is -2.46. The van der Waals surface area contributed by atoms with E-state index in [-0.39, 0.29) is 0 Å². The number of hydrogen-bond acceptors (Lipinski definition) is 2. The Balaban J connectivity index is 1.84. The lowest BCUT2D eigenvalue weighted by atomic mass is 9.85. The summed E-state index contributed by atoms with van der Waals surface area (Å²) in [6.45, 7) is 2.23. The summed E-state index contributed by atoms with van der Waals surface area (Å²) in [6.07, 6.45) is 8.04. The number of guanidine groups is 1. The topological polar surface area (TPSA) is 39.7 Å². The normalized spacial score (nSPS) is 23.4. The Hall–Kier alpha value is -0.770. The molecule has 2 aliphatic carbocycles. The lowest BCUT2D eigenvalue weighted by Gasteiger charge is -2.32. The molecule has 0 unspecified atom stereocenters. The molecule has 0 amide bonds. The molecule has 0 spiro atoms. The number of rotatable bonds is 5. The Morgan fingerprint density at radius 1 is 1.28 bits per heavy atom. The molecule has 0 bridgehead atoms. The van der Waals surface area contributed by atoms with Crippen molar-refractivity contribution in [1.82, 2.24) is 15.5 Å². The van der Waals surface area contributed by atoms with Gasteiger partial charge in [0.25, 0.3) is 0 Å². The maximum absolute atomic E-state index is 4.32. The molecule has 2 N–H and O–H groups in total. The predicted molar refractivity (Wildman–Crippen MR) is 77.0 cm³/mol. The van der Waals surface area contributed by atoms with Crippen molar-refractivity contribution in [2.24, 2.45) is 10.4 Å². The van der Waals surface area contributed by atoms with Crippen molar-refractivity contribution in [3.63, 3.8) is 0 Å². The minimum atomic E-state index is 0.449. The van der Waals surface area contributed by atoms with Gasteiger partial charge in [-0.25, -0.2) is 0 Å². The summed E-state index contributed by atoms with van der Waals surface area (Å²) in [4.78, 5) is 6.64. The zero-order chi connectivity index (χ0) is 13.0. The van der Waals surface area contributed by atoms with Crippen LogP contribution in [0.5, 0.6) is 0 Å². The average molecular weight is 252 g/mol. The first-order valence-corrected chi connectivity index (χ1v) is 7.25. The quantitative estimate of drug-likeness (QED) is 0.574. The van der Waals surface area contributed by atoms with Gasteiger partial charge in [-0.05, 0) is 39.8 Å². The fourth-order valence-electron chi connectivity index (χ4n) is 3.07. The van der Waals surface area contributed by atoms with Crippen molar-refractivity contribution in [3.05, 3.63) is 0 Å². The molecule has 0 atom stereocenters. The Labute approximate surface area is 111 Å². The van der Waals surface area contributed by atoms with Crippen molar-refractivity contribution in [2.75, 3.05) is 34.2 Å². The SMILES string of the molecule is CN=C(NCC1(CN(C)C)CCCC1)NC1CC1. The average Bonchev–Trinajstić information content (AvgIpc) is 3.03. The van der Waals surface area contributed by atoms with Crippen molar-refractivity contribution in [1.29, 1.82) is 0 Å². The summed E-state index contributed by atoms with van der Waals surface area (Å²) < 4.78 is 0. The van der Waals surface area contributed by atoms with Gasteiger partial charge in [0.15, 0.2) is 5.96 Å². The van der Waals surface area contributed by atoms with Gasteiger partial charge in [0.05, 0.1) is 0 Å². The molecule has 104 valence electrons. The predicted octanol–water partition coefficient (Wildman–Crippen LogP) is 1.44. The second kappa shape index (κ2) is 5.91. The van der Waals surface area contributed by atoms with Crippen LogP contribution in [0.25, 0.3) is 0 Å². The minimum absolute atomic E-state index is 0.449. The highest BCUT2D eigenvalue weighted by molar-refractivity contribution is 5.80. The van der Waals surface area contributed by atoms with Gasteiger partial charge in [-0.3, -0.25) is 4.99 Å². The van der Waals surface area contributed by atoms with Gasteiger partial charge in [0, 0.05) is 31.6 Å². The van der Waals surface area contributed by atoms with Gasteiger partial charge in [-0.2, -0.15) is 0 Å². The van der Waals surface area contributed by atoms with Gasteiger partial charge in [0.2, 0.25) is 0 Å². The molecular formula is C14H28N4. The summed E-state index contributed by atoms with van der Waals surface area (Å²) in [6, 6.07) is 0.671. The van der Waals surface area contributed by atoms with Gasteiger partial charge < -0.3 is 15.5 Å². The van der Waals surface area contributed by atoms with E-state index in [1.54, 1.807) is 0 Å². The van der Waals surface area contributed by atoms with E-state index >= 15 is 0 Å². The van der Waals surface area contributed by atoms with Crippen LogP contribution in [0.15, 0.2) is 4.99 Å². The second-order valence-corrected chi connectivity index (χ2v) is 6.29. The van der Waals surface area contributed by atoms with Crippen LogP contribution in [0, 0.1) is 5.41 Å². The highest BCUT2D eigenvalue weighted by atomic mass is 15.2. The molecular weight excluding hydrogens is 224 g/mol. The third kappa shape index (κ3) is 3.87. The molecule has 2 aliphatic rings. The van der Waals surface area contributed by atoms with Crippen molar-refractivity contribution >= 4 is 5.96 Å². The molecule has 0 aromatic heterocycles. The smallest absolute Gasteiger partial charge is 0.191 e. The van der Waals surface area contributed by atoms with E-state index in [1.165, 1.54) is 45.1 Å². The van der Waals surface area contributed by atoms with Crippen LogP contribution in [0.1, 0.15) is 38.5 Å². The Morgan fingerprint density at radius 2 is 1.94 bits per heavy atom. The zero-order valence-electron chi connectivity index (χ0n) is 12.1. The van der Waals surface area contributed by atoms with Crippen molar-refractivity contribution < 1.29 is 0 Å². The molecule has 2 saturated carbocycles. The Bertz CT molecular complexity index is 288. The van der Waals surface area contributed by atoms with E-state index in [0.717, 1.165) is 12.5 Å². The van der Waals surface area contributed by atoms with Gasteiger partial charge >= 0.3 is 0 Å². The van der Waals surface area contributed by atoms with E-state index in [4.69, 9.17) is 0 Å². The molecule has 18 heavy (non-hydrogen) atoms. The maximum Gasteiger partial charge on any atom is 0.191 e.